The molecule has 0 bridgehead atoms. The Morgan fingerprint density at radius 3 is 1.20 bits per heavy atom. The van der Waals surface area contributed by atoms with Crippen LogP contribution < -0.4 is 19.8 Å². The highest BCUT2D eigenvalue weighted by atomic mass is 32.1. The Hall–Kier alpha value is -9.65. The van der Waals surface area contributed by atoms with Gasteiger partial charge in [-0.2, -0.15) is 0 Å². The molecule has 0 fully saturated rings. The zero-order valence-electron chi connectivity index (χ0n) is 54.3. The Morgan fingerprint density at radius 2 is 0.724 bits per heavy atom. The minimum Gasteiger partial charge on any atom is -0.497 e. The molecule has 0 atom stereocenters. The van der Waals surface area contributed by atoms with Crippen LogP contribution in [0.4, 0.5) is 0 Å². The highest BCUT2D eigenvalue weighted by Gasteiger charge is 2.29. The number of aromatic nitrogens is 3. The van der Waals surface area contributed by atoms with Crippen LogP contribution in [0.2, 0.25) is 0 Å². The van der Waals surface area contributed by atoms with Crippen LogP contribution in [0.15, 0.2) is 208 Å². The van der Waals surface area contributed by atoms with E-state index in [0.717, 1.165) is 90.4 Å². The fourth-order valence-corrected chi connectivity index (χ4v) is 17.5. The first-order valence-electron chi connectivity index (χ1n) is 33.2. The summed E-state index contributed by atoms with van der Waals surface area (Å²) in [6.07, 6.45) is 19.9. The summed E-state index contributed by atoms with van der Waals surface area (Å²) in [5.41, 5.74) is 24.7. The van der Waals surface area contributed by atoms with Crippen molar-refractivity contribution in [1.29, 1.82) is 0 Å². The standard InChI is InChI=1S/2C27H23NOS.C20H18O3S.C10H11N.3CH4/c1-29-18-10-8-17(9-11-18)25-19-5-2-3-6-20(19)26(24-7-4-16-30-24)22-12-13-23-21(27(22)25)14-15-28-23;1-29-18-10-8-17(9-11-18)25-19-5-2-3-6-20(19)27(24-7-4-16-30-24)26-21-14-15-28-23(21)13-12-22(25)26;1-22-14-10-8-13(9-11-14)19-16-6-3-2-5-15(16)18(20(21)23-19)17-7-4-12-24-17;1-7-3-4-10-9(8(7)2)5-6-11-10;;;/h2*4,7-16,28H,2-3,5-6H2,1H3;4,7-12H,2-3,5-6H2,1H3;3-6,11H,1-2H3;3*1H4. The summed E-state index contributed by atoms with van der Waals surface area (Å²) in [4.78, 5) is 26.5. The molecule has 7 heterocycles. The van der Waals surface area contributed by atoms with Gasteiger partial charge in [0.2, 0.25) is 0 Å². The molecule has 98 heavy (non-hydrogen) atoms. The van der Waals surface area contributed by atoms with Gasteiger partial charge < -0.3 is 33.6 Å². The van der Waals surface area contributed by atoms with E-state index < -0.39 is 0 Å². The smallest absolute Gasteiger partial charge is 0.345 e. The van der Waals surface area contributed by atoms with Gasteiger partial charge >= 0.3 is 5.63 Å². The molecule has 18 rings (SSSR count). The summed E-state index contributed by atoms with van der Waals surface area (Å²) in [6.45, 7) is 4.30. The van der Waals surface area contributed by atoms with Crippen LogP contribution in [0.1, 0.15) is 105 Å². The minimum atomic E-state index is -0.232. The molecule has 3 aliphatic rings. The zero-order chi connectivity index (χ0) is 64.5. The second kappa shape index (κ2) is 30.0. The van der Waals surface area contributed by atoms with Gasteiger partial charge in [-0.05, 0) is 293 Å². The lowest BCUT2D eigenvalue weighted by atomic mass is 9.78. The van der Waals surface area contributed by atoms with E-state index in [0.29, 0.717) is 0 Å². The number of hydrogen-bond donors (Lipinski definition) is 3. The van der Waals surface area contributed by atoms with E-state index >= 15 is 0 Å². The molecule has 0 amide bonds. The molecule has 0 spiro atoms. The largest absolute Gasteiger partial charge is 0.497 e. The molecule has 11 heteroatoms. The van der Waals surface area contributed by atoms with Crippen molar-refractivity contribution in [2.75, 3.05) is 21.3 Å². The lowest BCUT2D eigenvalue weighted by molar-refractivity contribution is 0.414. The molecule has 0 unspecified atom stereocenters. The zero-order valence-corrected chi connectivity index (χ0v) is 56.8. The van der Waals surface area contributed by atoms with Crippen molar-refractivity contribution in [2.45, 2.75) is 113 Å². The Balaban J connectivity index is 0.000000128. The second-order valence-corrected chi connectivity index (χ2v) is 27.8. The molecular weight excluding hydrogens is 1260 g/mol. The van der Waals surface area contributed by atoms with Crippen LogP contribution in [-0.2, 0) is 38.5 Å². The van der Waals surface area contributed by atoms with E-state index in [1.807, 2.05) is 70.6 Å². The second-order valence-electron chi connectivity index (χ2n) is 25.0. The van der Waals surface area contributed by atoms with E-state index in [-0.39, 0.29) is 27.9 Å². The number of fused-ring (bicyclic) bond motifs is 10. The predicted molar refractivity (Wildman–Crippen MR) is 420 cm³/mol. The van der Waals surface area contributed by atoms with E-state index in [4.69, 9.17) is 18.6 Å². The van der Waals surface area contributed by atoms with Gasteiger partial charge in [-0.15, -0.1) is 34.0 Å². The Morgan fingerprint density at radius 1 is 0.357 bits per heavy atom. The van der Waals surface area contributed by atoms with Gasteiger partial charge in [-0.3, -0.25) is 0 Å². The van der Waals surface area contributed by atoms with Crippen LogP contribution in [0, 0.1) is 13.8 Å². The number of thiophene rings is 3. The highest BCUT2D eigenvalue weighted by Crippen LogP contribution is 2.50. The molecule has 498 valence electrons. The Labute approximate surface area is 588 Å². The van der Waals surface area contributed by atoms with Gasteiger partial charge in [0, 0.05) is 88.0 Å². The SMILES string of the molecule is C.C.C.COc1ccc(-c2c3c(c(-c4cccs4)c4c2ccc2[nH]ccc24)CCCC3)cc1.COc1ccc(-c2c3c(c(-c4cccs4)c4ccc5[nH]ccc5c24)CCCC3)cc1.COc1ccc(-c2oc(=O)c(-c3cccs3)c3c2CCCC3)cc1.Cc1ccc2[nH]ccc2c1C. The highest BCUT2D eigenvalue weighted by molar-refractivity contribution is 7.14. The number of H-pyrrole nitrogens is 3. The lowest BCUT2D eigenvalue weighted by Gasteiger charge is -2.26. The van der Waals surface area contributed by atoms with Crippen LogP contribution in [0.25, 0.3) is 119 Å². The van der Waals surface area contributed by atoms with Crippen molar-refractivity contribution < 1.29 is 18.6 Å². The summed E-state index contributed by atoms with van der Waals surface area (Å²) < 4.78 is 21.9. The quantitative estimate of drug-likeness (QED) is 0.134. The van der Waals surface area contributed by atoms with Gasteiger partial charge in [-0.1, -0.05) is 82.9 Å². The predicted octanol–water partition coefficient (Wildman–Crippen LogP) is 24.8. The number of methoxy groups -OCH3 is 3. The van der Waals surface area contributed by atoms with Crippen molar-refractivity contribution in [3.63, 3.8) is 0 Å². The number of nitrogens with one attached hydrogen (secondary N) is 3. The number of ether oxygens (including phenoxy) is 3. The maximum atomic E-state index is 12.7. The molecule has 3 N–H and O–H groups in total. The van der Waals surface area contributed by atoms with Crippen molar-refractivity contribution in [2.24, 2.45) is 0 Å². The Kier molecular flexibility index (Phi) is 20.9. The maximum absolute atomic E-state index is 12.7. The number of hydrogen-bond acceptors (Lipinski definition) is 8. The van der Waals surface area contributed by atoms with E-state index in [1.54, 1.807) is 43.8 Å². The summed E-state index contributed by atoms with van der Waals surface area (Å²) in [5.74, 6) is 3.32. The van der Waals surface area contributed by atoms with Crippen molar-refractivity contribution in [3.8, 4) is 82.1 Å². The normalized spacial score (nSPS) is 12.9. The van der Waals surface area contributed by atoms with E-state index in [9.17, 15) is 4.79 Å². The van der Waals surface area contributed by atoms with Crippen LogP contribution in [-0.4, -0.2) is 36.3 Å². The molecule has 3 aliphatic carbocycles. The molecule has 0 radical (unpaired) electrons. The summed E-state index contributed by atoms with van der Waals surface area (Å²) in [6, 6.07) is 57.8. The van der Waals surface area contributed by atoms with E-state index in [1.165, 1.54) is 156 Å². The summed E-state index contributed by atoms with van der Waals surface area (Å²) in [7, 11) is 5.10. The van der Waals surface area contributed by atoms with Gasteiger partial charge in [0.1, 0.15) is 23.0 Å². The molecule has 0 aliphatic heterocycles. The first-order chi connectivity index (χ1) is 46.8. The molecule has 8 nitrogen and oxygen atoms in total. The molecule has 0 saturated carbocycles. The molecule has 8 aromatic carbocycles. The topological polar surface area (TPSA) is 105 Å². The van der Waals surface area contributed by atoms with Crippen molar-refractivity contribution >= 4 is 88.3 Å². The van der Waals surface area contributed by atoms with Crippen LogP contribution >= 0.6 is 34.0 Å². The summed E-state index contributed by atoms with van der Waals surface area (Å²) >= 11 is 5.30. The number of aromatic amines is 3. The number of rotatable bonds is 9. The van der Waals surface area contributed by atoms with Crippen LogP contribution in [0.5, 0.6) is 17.2 Å². The number of benzene rings is 8. The van der Waals surface area contributed by atoms with E-state index in [2.05, 4.69) is 179 Å². The average Bonchev–Trinajstić information content (AvgIpc) is 1.22. The molecular formula is C87H87N3O5S3. The van der Waals surface area contributed by atoms with Gasteiger partial charge in [0.05, 0.1) is 26.9 Å². The fourth-order valence-electron chi connectivity index (χ4n) is 15.1. The van der Waals surface area contributed by atoms with Gasteiger partial charge in [0.25, 0.3) is 0 Å². The third kappa shape index (κ3) is 12.8. The molecule has 7 aromatic heterocycles. The average molecular weight is 1350 g/mol. The lowest BCUT2D eigenvalue weighted by Crippen LogP contribution is -2.15. The van der Waals surface area contributed by atoms with Gasteiger partial charge in [-0.25, -0.2) is 4.79 Å². The van der Waals surface area contributed by atoms with Crippen molar-refractivity contribution in [3.05, 3.63) is 253 Å². The minimum absolute atomic E-state index is 0. The first-order valence-corrected chi connectivity index (χ1v) is 35.8. The molecule has 15 aromatic rings. The fraction of sp³-hybridized carbons (Fsp3) is 0.230. The third-order valence-electron chi connectivity index (χ3n) is 19.8. The molecule has 0 saturated heterocycles. The third-order valence-corrected chi connectivity index (χ3v) is 22.4. The first kappa shape index (κ1) is 68.3. The number of aryl methyl sites for hydroxylation is 2. The van der Waals surface area contributed by atoms with Crippen molar-refractivity contribution in [1.82, 2.24) is 15.0 Å². The van der Waals surface area contributed by atoms with Crippen LogP contribution in [0.3, 0.4) is 0 Å². The Bertz CT molecular complexity index is 5280. The van der Waals surface area contributed by atoms with Gasteiger partial charge in [0.15, 0.2) is 0 Å². The monoisotopic (exact) mass is 1350 g/mol. The maximum Gasteiger partial charge on any atom is 0.345 e. The summed E-state index contributed by atoms with van der Waals surface area (Å²) in [5, 5.41) is 15.9.